The van der Waals surface area contributed by atoms with Crippen LogP contribution in [0.2, 0.25) is 0 Å². The van der Waals surface area contributed by atoms with E-state index in [9.17, 15) is 13.2 Å². The molecule has 0 spiro atoms. The van der Waals surface area contributed by atoms with Crippen molar-refractivity contribution in [1.82, 2.24) is 4.31 Å². The Bertz CT molecular complexity index is 990. The van der Waals surface area contributed by atoms with Gasteiger partial charge in [-0.25, -0.2) is 8.42 Å². The highest BCUT2D eigenvalue weighted by Crippen LogP contribution is 2.23. The van der Waals surface area contributed by atoms with Crippen molar-refractivity contribution in [2.75, 3.05) is 36.4 Å². The minimum Gasteiger partial charge on any atom is -0.372 e. The number of rotatable bonds is 6. The van der Waals surface area contributed by atoms with Gasteiger partial charge in [-0.05, 0) is 67.6 Å². The molecule has 7 heteroatoms. The lowest BCUT2D eigenvalue weighted by Crippen LogP contribution is -2.35. The van der Waals surface area contributed by atoms with Gasteiger partial charge >= 0.3 is 0 Å². The Balaban J connectivity index is 1.33. The lowest BCUT2D eigenvalue weighted by atomic mass is 10.1. The molecule has 4 rings (SSSR count). The van der Waals surface area contributed by atoms with Crippen molar-refractivity contribution in [1.29, 1.82) is 0 Å². The number of hydrogen-bond acceptors (Lipinski definition) is 4. The van der Waals surface area contributed by atoms with Crippen molar-refractivity contribution >= 4 is 27.3 Å². The SMILES string of the molecule is O=C(Cc1ccc(S(=O)(=O)N2CCCCC2)cc1)Nc1ccc(N2CCCCCC2)cc1. The molecule has 2 aliphatic rings. The summed E-state index contributed by atoms with van der Waals surface area (Å²) in [7, 11) is -3.44. The standard InChI is InChI=1S/C25H33N3O3S/c29-25(26-22-10-12-23(13-11-22)27-16-4-1-2-5-17-27)20-21-8-14-24(15-9-21)32(30,31)28-18-6-3-7-19-28/h8-15H,1-7,16-20H2,(H,26,29). The van der Waals surface area contributed by atoms with Crippen molar-refractivity contribution in [3.05, 3.63) is 54.1 Å². The zero-order valence-corrected chi connectivity index (χ0v) is 19.4. The van der Waals surface area contributed by atoms with Gasteiger partial charge in [0.05, 0.1) is 11.3 Å². The number of amides is 1. The highest BCUT2D eigenvalue weighted by atomic mass is 32.2. The highest BCUT2D eigenvalue weighted by Gasteiger charge is 2.25. The normalized spacial score (nSPS) is 18.2. The maximum atomic E-state index is 12.8. The van der Waals surface area contributed by atoms with Crippen LogP contribution < -0.4 is 10.2 Å². The first-order valence-electron chi connectivity index (χ1n) is 11.8. The molecule has 1 amide bonds. The summed E-state index contributed by atoms with van der Waals surface area (Å²) in [4.78, 5) is 15.2. The third-order valence-corrected chi connectivity index (χ3v) is 8.28. The number of nitrogens with zero attached hydrogens (tertiary/aromatic N) is 2. The molecule has 2 aromatic rings. The second-order valence-electron chi connectivity index (χ2n) is 8.78. The summed E-state index contributed by atoms with van der Waals surface area (Å²) >= 11 is 0. The summed E-state index contributed by atoms with van der Waals surface area (Å²) in [6, 6.07) is 14.7. The molecule has 0 bridgehead atoms. The van der Waals surface area contributed by atoms with Gasteiger partial charge in [-0.15, -0.1) is 0 Å². The smallest absolute Gasteiger partial charge is 0.243 e. The molecule has 0 unspecified atom stereocenters. The van der Waals surface area contributed by atoms with Crippen molar-refractivity contribution in [3.8, 4) is 0 Å². The van der Waals surface area contributed by atoms with E-state index in [2.05, 4.69) is 22.3 Å². The van der Waals surface area contributed by atoms with Gasteiger partial charge in [-0.1, -0.05) is 31.4 Å². The second-order valence-corrected chi connectivity index (χ2v) is 10.7. The minimum absolute atomic E-state index is 0.112. The summed E-state index contributed by atoms with van der Waals surface area (Å²) < 4.78 is 27.1. The number of hydrogen-bond donors (Lipinski definition) is 1. The Labute approximate surface area is 191 Å². The van der Waals surface area contributed by atoms with E-state index < -0.39 is 10.0 Å². The molecule has 0 atom stereocenters. The van der Waals surface area contributed by atoms with Crippen molar-refractivity contribution in [3.63, 3.8) is 0 Å². The molecule has 2 saturated heterocycles. The molecule has 0 radical (unpaired) electrons. The molecule has 2 aromatic carbocycles. The maximum absolute atomic E-state index is 12.8. The zero-order chi connectivity index (χ0) is 22.4. The third-order valence-electron chi connectivity index (χ3n) is 6.36. The number of piperidine rings is 1. The lowest BCUT2D eigenvalue weighted by Gasteiger charge is -2.25. The van der Waals surface area contributed by atoms with Crippen LogP contribution in [0.4, 0.5) is 11.4 Å². The number of anilines is 2. The van der Waals surface area contributed by atoms with Crippen LogP contribution in [0.15, 0.2) is 53.4 Å². The number of benzene rings is 2. The Morgan fingerprint density at radius 2 is 1.31 bits per heavy atom. The van der Waals surface area contributed by atoms with Gasteiger partial charge in [-0.3, -0.25) is 4.79 Å². The van der Waals surface area contributed by atoms with E-state index in [0.717, 1.165) is 43.6 Å². The van der Waals surface area contributed by atoms with Crippen LogP contribution >= 0.6 is 0 Å². The second kappa shape index (κ2) is 10.5. The molecule has 6 nitrogen and oxygen atoms in total. The molecule has 0 aromatic heterocycles. The molecule has 0 saturated carbocycles. The molecule has 2 heterocycles. The molecular weight excluding hydrogens is 422 g/mol. The molecule has 172 valence electrons. The number of nitrogens with one attached hydrogen (secondary N) is 1. The average molecular weight is 456 g/mol. The highest BCUT2D eigenvalue weighted by molar-refractivity contribution is 7.89. The lowest BCUT2D eigenvalue weighted by molar-refractivity contribution is -0.115. The van der Waals surface area contributed by atoms with Crippen LogP contribution in [-0.4, -0.2) is 44.8 Å². The molecule has 2 aliphatic heterocycles. The Hall–Kier alpha value is -2.38. The van der Waals surface area contributed by atoms with E-state index in [0.29, 0.717) is 18.0 Å². The Morgan fingerprint density at radius 1 is 0.750 bits per heavy atom. The van der Waals surface area contributed by atoms with Gasteiger partial charge in [0, 0.05) is 37.6 Å². The van der Waals surface area contributed by atoms with Crippen LogP contribution in [-0.2, 0) is 21.2 Å². The summed E-state index contributed by atoms with van der Waals surface area (Å²) in [6.45, 7) is 3.36. The molecule has 0 aliphatic carbocycles. The Kier molecular flexibility index (Phi) is 7.48. The van der Waals surface area contributed by atoms with Gasteiger partial charge in [0.2, 0.25) is 15.9 Å². The number of carbonyl (C=O) groups excluding carboxylic acids is 1. The van der Waals surface area contributed by atoms with E-state index in [-0.39, 0.29) is 12.3 Å². The van der Waals surface area contributed by atoms with E-state index in [1.54, 1.807) is 28.6 Å². The number of sulfonamides is 1. The van der Waals surface area contributed by atoms with E-state index in [4.69, 9.17) is 0 Å². The van der Waals surface area contributed by atoms with E-state index in [1.807, 2.05) is 12.1 Å². The van der Waals surface area contributed by atoms with E-state index in [1.165, 1.54) is 31.4 Å². The predicted molar refractivity (Wildman–Crippen MR) is 129 cm³/mol. The van der Waals surface area contributed by atoms with Gasteiger partial charge < -0.3 is 10.2 Å². The summed E-state index contributed by atoms with van der Waals surface area (Å²) in [6.07, 6.45) is 8.19. The third kappa shape index (κ3) is 5.70. The Morgan fingerprint density at radius 3 is 1.94 bits per heavy atom. The van der Waals surface area contributed by atoms with Crippen molar-refractivity contribution in [2.24, 2.45) is 0 Å². The van der Waals surface area contributed by atoms with E-state index >= 15 is 0 Å². The largest absolute Gasteiger partial charge is 0.372 e. The first kappa shape index (κ1) is 22.8. The van der Waals surface area contributed by atoms with Gasteiger partial charge in [0.25, 0.3) is 0 Å². The molecular formula is C25H33N3O3S. The molecule has 2 fully saturated rings. The predicted octanol–water partition coefficient (Wildman–Crippen LogP) is 4.42. The van der Waals surface area contributed by atoms with Crippen LogP contribution in [0.3, 0.4) is 0 Å². The monoisotopic (exact) mass is 455 g/mol. The maximum Gasteiger partial charge on any atom is 0.243 e. The van der Waals surface area contributed by atoms with Gasteiger partial charge in [0.15, 0.2) is 0 Å². The van der Waals surface area contributed by atoms with Crippen molar-refractivity contribution < 1.29 is 13.2 Å². The van der Waals surface area contributed by atoms with Crippen LogP contribution in [0.5, 0.6) is 0 Å². The summed E-state index contributed by atoms with van der Waals surface area (Å²) in [5.41, 5.74) is 2.77. The fourth-order valence-corrected chi connectivity index (χ4v) is 6.03. The molecule has 32 heavy (non-hydrogen) atoms. The van der Waals surface area contributed by atoms with Crippen LogP contribution in [0.25, 0.3) is 0 Å². The first-order chi connectivity index (χ1) is 15.5. The molecule has 1 N–H and O–H groups in total. The fourth-order valence-electron chi connectivity index (χ4n) is 4.51. The number of carbonyl (C=O) groups is 1. The fraction of sp³-hybridized carbons (Fsp3) is 0.480. The van der Waals surface area contributed by atoms with Crippen molar-refractivity contribution in [2.45, 2.75) is 56.3 Å². The topological polar surface area (TPSA) is 69.7 Å². The average Bonchev–Trinajstić information content (AvgIpc) is 3.10. The summed E-state index contributed by atoms with van der Waals surface area (Å²) in [5, 5.41) is 2.95. The zero-order valence-electron chi connectivity index (χ0n) is 18.6. The van der Waals surface area contributed by atoms with Crippen LogP contribution in [0.1, 0.15) is 50.5 Å². The quantitative estimate of drug-likeness (QED) is 0.700. The van der Waals surface area contributed by atoms with Crippen LogP contribution in [0, 0.1) is 0 Å². The summed E-state index contributed by atoms with van der Waals surface area (Å²) in [5.74, 6) is -0.112. The van der Waals surface area contributed by atoms with Gasteiger partial charge in [-0.2, -0.15) is 4.31 Å². The minimum atomic E-state index is -3.44. The van der Waals surface area contributed by atoms with Gasteiger partial charge in [0.1, 0.15) is 0 Å². The first-order valence-corrected chi connectivity index (χ1v) is 13.2.